The van der Waals surface area contributed by atoms with Crippen LogP contribution in [-0.2, 0) is 62.4 Å². The average Bonchev–Trinajstić information content (AvgIpc) is 3.85. The van der Waals surface area contributed by atoms with Gasteiger partial charge in [-0.25, -0.2) is 4.79 Å². The highest BCUT2D eigenvalue weighted by Gasteiger charge is 2.36. The van der Waals surface area contributed by atoms with Crippen LogP contribution in [0.3, 0.4) is 0 Å². The Hall–Kier alpha value is -7.26. The number of carboxylic acid groups (broad SMARTS) is 1. The molecule has 10 unspecified atom stereocenters. The highest BCUT2D eigenvalue weighted by molar-refractivity contribution is 7.98. The number of thioether (sulfide) groups is 1. The number of benzene rings is 3. The maximum Gasteiger partial charge on any atom is 0.326 e. The zero-order valence-corrected chi connectivity index (χ0v) is 49.2. The van der Waals surface area contributed by atoms with Crippen molar-refractivity contribution in [1.82, 2.24) is 47.5 Å². The number of rotatable bonds is 33. The van der Waals surface area contributed by atoms with E-state index in [2.05, 4.69) is 47.5 Å². The number of carboxylic acids is 1. The number of H-pyrrole nitrogens is 1. The second-order valence-electron chi connectivity index (χ2n) is 22.1. The maximum absolute atomic E-state index is 15.0. The molecule has 442 valence electrons. The Labute approximate surface area is 480 Å². The minimum Gasteiger partial charge on any atom is -0.480 e. The third-order valence-electron chi connectivity index (χ3n) is 14.0. The van der Waals surface area contributed by atoms with Crippen molar-refractivity contribution in [3.8, 4) is 0 Å². The van der Waals surface area contributed by atoms with Gasteiger partial charge in [0.05, 0.1) is 6.04 Å². The van der Waals surface area contributed by atoms with E-state index in [1.165, 1.54) is 18.7 Å². The van der Waals surface area contributed by atoms with Crippen molar-refractivity contribution in [3.63, 3.8) is 0 Å². The second kappa shape index (κ2) is 32.9. The fraction of sp³-hybridized carbons (Fsp3) is 0.517. The topological polar surface area (TPSA) is 312 Å². The molecule has 20 nitrogen and oxygen atoms in total. The Morgan fingerprint density at radius 1 is 0.519 bits per heavy atom. The lowest BCUT2D eigenvalue weighted by molar-refractivity contribution is -0.143. The van der Waals surface area contributed by atoms with Gasteiger partial charge in [-0.05, 0) is 84.6 Å². The summed E-state index contributed by atoms with van der Waals surface area (Å²) in [6.07, 6.45) is 4.36. The molecule has 0 spiro atoms. The molecule has 0 fully saturated rings. The summed E-state index contributed by atoms with van der Waals surface area (Å²) in [7, 11) is 0. The quantitative estimate of drug-likeness (QED) is 0.0322. The molecule has 21 heteroatoms. The highest BCUT2D eigenvalue weighted by atomic mass is 32.2. The van der Waals surface area contributed by atoms with E-state index in [0.717, 1.165) is 10.9 Å². The molecule has 0 aliphatic heterocycles. The van der Waals surface area contributed by atoms with E-state index in [1.54, 1.807) is 87.6 Å². The Balaban J connectivity index is 1.67. The number of carbonyl (C=O) groups is 9. The van der Waals surface area contributed by atoms with Gasteiger partial charge in [0.1, 0.15) is 48.3 Å². The van der Waals surface area contributed by atoms with E-state index in [-0.39, 0.29) is 62.2 Å². The Bertz CT molecular complexity index is 2720. The first-order valence-electron chi connectivity index (χ1n) is 28.0. The van der Waals surface area contributed by atoms with Gasteiger partial charge in [0, 0.05) is 36.4 Å². The lowest BCUT2D eigenvalue weighted by atomic mass is 9.96. The number of carbonyl (C=O) groups excluding carboxylic acids is 8. The van der Waals surface area contributed by atoms with Gasteiger partial charge < -0.3 is 58.4 Å². The standard InChI is InChI=1S/C60H86N10O10S/c1-11-37(8)51(70-58(77)50(61)36(6)7)59(78)63-38(9)52(71)64-44(26-27-81-10)53(72)66-46(30-39-20-14-12-15-21-39)55(74)67-47(31-40-22-16-13-17-23-40)56(75)68-48(32-41-33-62-43-25-19-18-24-42(41)43)57(76)65-45(28-34(2)3)54(73)69-49(60(79)80)29-35(4)5/h12-25,33-38,44-51,62H,11,26-32,61H2,1-10H3,(H,63,78)(H,64,71)(H,65,76)(H,66,72)(H,67,74)(H,68,75)(H,69,73)(H,70,77)(H,79,80). The zero-order valence-electron chi connectivity index (χ0n) is 48.4. The molecule has 0 aliphatic rings. The van der Waals surface area contributed by atoms with Crippen LogP contribution in [0.2, 0.25) is 0 Å². The van der Waals surface area contributed by atoms with Crippen LogP contribution in [0, 0.1) is 23.7 Å². The number of hydrogen-bond acceptors (Lipinski definition) is 11. The molecule has 0 aliphatic carbocycles. The second-order valence-corrected chi connectivity index (χ2v) is 23.0. The maximum atomic E-state index is 15.0. The van der Waals surface area contributed by atoms with E-state index in [1.807, 2.05) is 65.1 Å². The molecule has 0 radical (unpaired) electrons. The van der Waals surface area contributed by atoms with Crippen molar-refractivity contribution in [2.75, 3.05) is 12.0 Å². The van der Waals surface area contributed by atoms with Crippen molar-refractivity contribution in [2.45, 2.75) is 162 Å². The van der Waals surface area contributed by atoms with E-state index in [4.69, 9.17) is 5.73 Å². The SMILES string of the molecule is CCC(C)C(NC(=O)C(N)C(C)C)C(=O)NC(C)C(=O)NC(CCSC)C(=O)NC(Cc1ccccc1)C(=O)NC(Cc1ccccc1)C(=O)NC(Cc1c[nH]c2ccccc12)C(=O)NC(CC(C)C)C(=O)NC(CC(C)C)C(=O)O. The van der Waals surface area contributed by atoms with Gasteiger partial charge in [0.2, 0.25) is 47.3 Å². The molecule has 4 aromatic rings. The number of para-hydroxylation sites is 1. The van der Waals surface area contributed by atoms with Gasteiger partial charge >= 0.3 is 5.97 Å². The lowest BCUT2D eigenvalue weighted by Crippen LogP contribution is -2.61. The summed E-state index contributed by atoms with van der Waals surface area (Å²) in [5.74, 6) is -6.94. The van der Waals surface area contributed by atoms with Crippen molar-refractivity contribution >= 4 is 75.9 Å². The first kappa shape index (κ1) is 66.3. The first-order chi connectivity index (χ1) is 38.4. The Kier molecular flexibility index (Phi) is 26.9. The average molecular weight is 1140 g/mol. The molecule has 0 bridgehead atoms. The van der Waals surface area contributed by atoms with Crippen molar-refractivity contribution < 1.29 is 48.3 Å². The van der Waals surface area contributed by atoms with Crippen molar-refractivity contribution in [3.05, 3.63) is 108 Å². The summed E-state index contributed by atoms with van der Waals surface area (Å²) in [4.78, 5) is 129. The number of hydrogen-bond donors (Lipinski definition) is 11. The minimum atomic E-state index is -1.35. The van der Waals surface area contributed by atoms with E-state index < -0.39 is 108 Å². The number of aromatic amines is 1. The molecule has 4 rings (SSSR count). The van der Waals surface area contributed by atoms with Crippen LogP contribution >= 0.6 is 11.8 Å². The summed E-state index contributed by atoms with van der Waals surface area (Å²) in [5, 5.41) is 32.9. The van der Waals surface area contributed by atoms with Crippen LogP contribution in [0.1, 0.15) is 105 Å². The molecule has 1 heterocycles. The number of amides is 8. The molecule has 0 saturated carbocycles. The Morgan fingerprint density at radius 3 is 1.46 bits per heavy atom. The monoisotopic (exact) mass is 1140 g/mol. The fourth-order valence-corrected chi connectivity index (χ4v) is 9.50. The van der Waals surface area contributed by atoms with Crippen molar-refractivity contribution in [2.24, 2.45) is 29.4 Å². The van der Waals surface area contributed by atoms with Gasteiger partial charge in [0.25, 0.3) is 0 Å². The molecule has 3 aromatic carbocycles. The first-order valence-corrected chi connectivity index (χ1v) is 29.3. The smallest absolute Gasteiger partial charge is 0.326 e. The normalized spacial score (nSPS) is 15.1. The van der Waals surface area contributed by atoms with Gasteiger partial charge in [-0.15, -0.1) is 0 Å². The van der Waals surface area contributed by atoms with Crippen LogP contribution in [0.5, 0.6) is 0 Å². The fourth-order valence-electron chi connectivity index (χ4n) is 9.03. The van der Waals surface area contributed by atoms with Crippen LogP contribution in [0.15, 0.2) is 91.1 Å². The number of aromatic nitrogens is 1. The third kappa shape index (κ3) is 21.3. The molecular weight excluding hydrogens is 1050 g/mol. The number of aliphatic carboxylic acids is 1. The van der Waals surface area contributed by atoms with E-state index >= 15 is 0 Å². The van der Waals surface area contributed by atoms with Crippen LogP contribution in [0.25, 0.3) is 10.9 Å². The van der Waals surface area contributed by atoms with Crippen LogP contribution < -0.4 is 48.3 Å². The molecule has 12 N–H and O–H groups in total. The van der Waals surface area contributed by atoms with Crippen LogP contribution in [-0.4, -0.2) is 130 Å². The van der Waals surface area contributed by atoms with Gasteiger partial charge in [0.15, 0.2) is 0 Å². The van der Waals surface area contributed by atoms with E-state index in [0.29, 0.717) is 28.9 Å². The summed E-state index contributed by atoms with van der Waals surface area (Å²) in [6, 6.07) is 14.6. The third-order valence-corrected chi connectivity index (χ3v) is 14.7. The minimum absolute atomic E-state index is 0.0399. The van der Waals surface area contributed by atoms with Crippen molar-refractivity contribution in [1.29, 1.82) is 0 Å². The van der Waals surface area contributed by atoms with Crippen LogP contribution in [0.4, 0.5) is 0 Å². The molecular formula is C60H86N10O10S. The summed E-state index contributed by atoms with van der Waals surface area (Å²) in [5.41, 5.74) is 8.83. The summed E-state index contributed by atoms with van der Waals surface area (Å²) in [6.45, 7) is 16.1. The lowest BCUT2D eigenvalue weighted by Gasteiger charge is -2.29. The predicted molar refractivity (Wildman–Crippen MR) is 315 cm³/mol. The van der Waals surface area contributed by atoms with E-state index in [9.17, 15) is 48.3 Å². The molecule has 81 heavy (non-hydrogen) atoms. The van der Waals surface area contributed by atoms with Gasteiger partial charge in [-0.2, -0.15) is 11.8 Å². The Morgan fingerprint density at radius 2 is 0.963 bits per heavy atom. The number of nitrogens with one attached hydrogen (secondary N) is 9. The molecule has 10 atom stereocenters. The zero-order chi connectivity index (χ0) is 59.9. The number of fused-ring (bicyclic) bond motifs is 1. The predicted octanol–water partition coefficient (Wildman–Crippen LogP) is 4.05. The molecule has 1 aromatic heterocycles. The summed E-state index contributed by atoms with van der Waals surface area (Å²) < 4.78 is 0. The summed E-state index contributed by atoms with van der Waals surface area (Å²) >= 11 is 1.43. The van der Waals surface area contributed by atoms with Gasteiger partial charge in [-0.1, -0.05) is 141 Å². The number of nitrogens with two attached hydrogens (primary N) is 1. The molecule has 0 saturated heterocycles. The highest BCUT2D eigenvalue weighted by Crippen LogP contribution is 2.21. The largest absolute Gasteiger partial charge is 0.480 e. The molecule has 8 amide bonds. The van der Waals surface area contributed by atoms with Gasteiger partial charge in [-0.3, -0.25) is 38.4 Å².